The van der Waals surface area contributed by atoms with Crippen molar-refractivity contribution in [3.63, 3.8) is 0 Å². The Morgan fingerprint density at radius 2 is 2.09 bits per heavy atom. The summed E-state index contributed by atoms with van der Waals surface area (Å²) in [5.74, 6) is -0.261. The molecule has 0 aliphatic rings. The molecule has 0 spiro atoms. The standard InChI is InChI=1S/C8H8FNS/c1-6(10-11)7-4-2-3-5-8(7)9/h2-5,11H,1H3/b10-6-. The summed E-state index contributed by atoms with van der Waals surface area (Å²) in [6.45, 7) is 1.71. The number of hydrogen-bond acceptors (Lipinski definition) is 2. The third-order valence-electron chi connectivity index (χ3n) is 1.41. The summed E-state index contributed by atoms with van der Waals surface area (Å²) in [7, 11) is 0. The van der Waals surface area contributed by atoms with Gasteiger partial charge in [-0.2, -0.15) is 0 Å². The van der Waals surface area contributed by atoms with Crippen molar-refractivity contribution in [2.75, 3.05) is 0 Å². The fourth-order valence-electron chi connectivity index (χ4n) is 0.808. The van der Waals surface area contributed by atoms with Crippen LogP contribution in [0.4, 0.5) is 4.39 Å². The normalized spacial score (nSPS) is 11.7. The summed E-state index contributed by atoms with van der Waals surface area (Å²) < 4.78 is 16.5. The first-order chi connectivity index (χ1) is 5.25. The highest BCUT2D eigenvalue weighted by Gasteiger charge is 2.01. The maximum absolute atomic E-state index is 12.9. The summed E-state index contributed by atoms with van der Waals surface area (Å²) in [4.78, 5) is 0. The third-order valence-corrected chi connectivity index (χ3v) is 1.71. The maximum atomic E-state index is 12.9. The van der Waals surface area contributed by atoms with Gasteiger partial charge in [-0.25, -0.2) is 8.79 Å². The molecular weight excluding hydrogens is 161 g/mol. The molecule has 58 valence electrons. The largest absolute Gasteiger partial charge is 0.224 e. The van der Waals surface area contributed by atoms with Crippen molar-refractivity contribution in [1.29, 1.82) is 0 Å². The van der Waals surface area contributed by atoms with E-state index in [-0.39, 0.29) is 5.82 Å². The molecule has 0 radical (unpaired) electrons. The molecule has 0 aromatic heterocycles. The second-order valence-electron chi connectivity index (χ2n) is 2.17. The summed E-state index contributed by atoms with van der Waals surface area (Å²) >= 11 is 3.70. The Balaban J connectivity index is 3.14. The van der Waals surface area contributed by atoms with Gasteiger partial charge < -0.3 is 0 Å². The molecule has 0 fully saturated rings. The van der Waals surface area contributed by atoms with Crippen molar-refractivity contribution in [3.8, 4) is 0 Å². The fourth-order valence-corrected chi connectivity index (χ4v) is 0.916. The predicted octanol–water partition coefficient (Wildman–Crippen LogP) is 2.48. The Morgan fingerprint density at radius 3 is 2.64 bits per heavy atom. The van der Waals surface area contributed by atoms with Crippen LogP contribution in [0.15, 0.2) is 28.7 Å². The molecule has 0 atom stereocenters. The van der Waals surface area contributed by atoms with Gasteiger partial charge in [-0.15, -0.1) is 0 Å². The van der Waals surface area contributed by atoms with E-state index in [9.17, 15) is 4.39 Å². The minimum atomic E-state index is -0.261. The molecule has 3 heteroatoms. The Bertz CT molecular complexity index is 283. The molecule has 0 unspecified atom stereocenters. The average molecular weight is 169 g/mol. The minimum Gasteiger partial charge on any atom is -0.224 e. The number of thiol groups is 1. The molecule has 0 aliphatic carbocycles. The van der Waals surface area contributed by atoms with Crippen LogP contribution in [0.25, 0.3) is 0 Å². The highest BCUT2D eigenvalue weighted by molar-refractivity contribution is 7.79. The number of hydrogen-bond donors (Lipinski definition) is 1. The van der Waals surface area contributed by atoms with Crippen LogP contribution >= 0.6 is 12.8 Å². The first-order valence-corrected chi connectivity index (χ1v) is 3.59. The maximum Gasteiger partial charge on any atom is 0.132 e. The van der Waals surface area contributed by atoms with E-state index in [1.807, 2.05) is 0 Å². The number of halogens is 1. The Kier molecular flexibility index (Phi) is 2.65. The summed E-state index contributed by atoms with van der Waals surface area (Å²) in [6.07, 6.45) is 0. The monoisotopic (exact) mass is 169 g/mol. The van der Waals surface area contributed by atoms with E-state index in [1.165, 1.54) is 6.07 Å². The van der Waals surface area contributed by atoms with Crippen LogP contribution in [0, 0.1) is 5.82 Å². The van der Waals surface area contributed by atoms with Crippen molar-refractivity contribution in [2.24, 2.45) is 4.40 Å². The van der Waals surface area contributed by atoms with E-state index in [2.05, 4.69) is 17.2 Å². The highest BCUT2D eigenvalue weighted by atomic mass is 32.1. The summed E-state index contributed by atoms with van der Waals surface area (Å²) in [6, 6.07) is 6.48. The van der Waals surface area contributed by atoms with E-state index >= 15 is 0 Å². The topological polar surface area (TPSA) is 12.4 Å². The molecule has 1 aromatic rings. The van der Waals surface area contributed by atoms with Gasteiger partial charge in [0.1, 0.15) is 5.82 Å². The van der Waals surface area contributed by atoms with Gasteiger partial charge in [0.15, 0.2) is 0 Å². The van der Waals surface area contributed by atoms with Crippen molar-refractivity contribution >= 4 is 18.5 Å². The van der Waals surface area contributed by atoms with Crippen molar-refractivity contribution in [3.05, 3.63) is 35.6 Å². The Labute approximate surface area is 70.5 Å². The SMILES string of the molecule is C/C(=N/S)c1ccccc1F. The average Bonchev–Trinajstić information content (AvgIpc) is 2.04. The van der Waals surface area contributed by atoms with Crippen LogP contribution in [0.5, 0.6) is 0 Å². The fraction of sp³-hybridized carbons (Fsp3) is 0.125. The Morgan fingerprint density at radius 1 is 1.45 bits per heavy atom. The van der Waals surface area contributed by atoms with E-state index in [1.54, 1.807) is 25.1 Å². The predicted molar refractivity (Wildman–Crippen MR) is 47.6 cm³/mol. The minimum absolute atomic E-state index is 0.261. The van der Waals surface area contributed by atoms with Gasteiger partial charge in [-0.05, 0) is 25.8 Å². The lowest BCUT2D eigenvalue weighted by Gasteiger charge is -1.98. The zero-order chi connectivity index (χ0) is 8.27. The second-order valence-corrected chi connectivity index (χ2v) is 2.37. The number of rotatable bonds is 1. The van der Waals surface area contributed by atoms with Crippen molar-refractivity contribution < 1.29 is 4.39 Å². The van der Waals surface area contributed by atoms with Crippen LogP contribution in [0.1, 0.15) is 12.5 Å². The van der Waals surface area contributed by atoms with Gasteiger partial charge in [0.25, 0.3) is 0 Å². The summed E-state index contributed by atoms with van der Waals surface area (Å²) in [5, 5.41) is 0. The molecule has 0 aliphatic heterocycles. The second kappa shape index (κ2) is 3.53. The number of nitrogens with zero attached hydrogens (tertiary/aromatic N) is 1. The molecule has 0 heterocycles. The molecular formula is C8H8FNS. The van der Waals surface area contributed by atoms with Gasteiger partial charge in [0.2, 0.25) is 0 Å². The molecule has 0 saturated heterocycles. The lowest BCUT2D eigenvalue weighted by molar-refractivity contribution is 0.625. The van der Waals surface area contributed by atoms with Crippen LogP contribution in [0.2, 0.25) is 0 Å². The van der Waals surface area contributed by atoms with Gasteiger partial charge in [0, 0.05) is 5.56 Å². The molecule has 0 bridgehead atoms. The van der Waals surface area contributed by atoms with Crippen molar-refractivity contribution in [2.45, 2.75) is 6.92 Å². The van der Waals surface area contributed by atoms with E-state index < -0.39 is 0 Å². The van der Waals surface area contributed by atoms with Crippen molar-refractivity contribution in [1.82, 2.24) is 0 Å². The molecule has 0 saturated carbocycles. The van der Waals surface area contributed by atoms with Crippen LogP contribution < -0.4 is 0 Å². The first kappa shape index (κ1) is 8.27. The van der Waals surface area contributed by atoms with E-state index in [0.29, 0.717) is 11.3 Å². The van der Waals surface area contributed by atoms with Crippen LogP contribution in [-0.4, -0.2) is 5.71 Å². The van der Waals surface area contributed by atoms with Gasteiger partial charge in [0.05, 0.1) is 5.71 Å². The first-order valence-electron chi connectivity index (χ1n) is 3.19. The zero-order valence-electron chi connectivity index (χ0n) is 6.08. The van der Waals surface area contributed by atoms with Gasteiger partial charge >= 0.3 is 0 Å². The van der Waals surface area contributed by atoms with E-state index in [4.69, 9.17) is 0 Å². The quantitative estimate of drug-likeness (QED) is 0.490. The molecule has 0 N–H and O–H groups in total. The lowest BCUT2D eigenvalue weighted by Crippen LogP contribution is -1.96. The molecule has 1 aromatic carbocycles. The number of benzene rings is 1. The van der Waals surface area contributed by atoms with Crippen LogP contribution in [-0.2, 0) is 0 Å². The molecule has 11 heavy (non-hydrogen) atoms. The summed E-state index contributed by atoms with van der Waals surface area (Å²) in [5.41, 5.74) is 1.09. The molecule has 1 rings (SSSR count). The smallest absolute Gasteiger partial charge is 0.132 e. The zero-order valence-corrected chi connectivity index (χ0v) is 6.98. The Hall–Kier alpha value is -0.830. The van der Waals surface area contributed by atoms with Gasteiger partial charge in [-0.3, -0.25) is 0 Å². The molecule has 1 nitrogen and oxygen atoms in total. The lowest BCUT2D eigenvalue weighted by atomic mass is 10.1. The van der Waals surface area contributed by atoms with Gasteiger partial charge in [-0.1, -0.05) is 18.2 Å². The van der Waals surface area contributed by atoms with Crippen LogP contribution in [0.3, 0.4) is 0 Å². The third kappa shape index (κ3) is 1.80. The van der Waals surface area contributed by atoms with E-state index in [0.717, 1.165) is 0 Å². The highest BCUT2D eigenvalue weighted by Crippen LogP contribution is 2.07. The molecule has 0 amide bonds.